The first-order chi connectivity index (χ1) is 9.72. The summed E-state index contributed by atoms with van der Waals surface area (Å²) in [6, 6.07) is 3.23. The first-order valence-electron chi connectivity index (χ1n) is 8.22. The highest BCUT2D eigenvalue weighted by Crippen LogP contribution is 2.14. The normalized spacial score (nSPS) is 18.0. The fraction of sp³-hybridized carbons (Fsp3) is 0.812. The third-order valence-electron chi connectivity index (χ3n) is 4.34. The molecule has 0 bridgehead atoms. The first-order valence-corrected chi connectivity index (χ1v) is 8.22. The molecule has 0 aromatic carbocycles. The van der Waals surface area contributed by atoms with Crippen molar-refractivity contribution in [1.82, 2.24) is 20.0 Å². The lowest BCUT2D eigenvalue weighted by atomic mass is 10.2. The Kier molecular flexibility index (Phi) is 6.05. The molecule has 4 heteroatoms. The molecule has 0 amide bonds. The summed E-state index contributed by atoms with van der Waals surface area (Å²) in [4.78, 5) is 2.56. The Morgan fingerprint density at radius 1 is 1.25 bits per heavy atom. The maximum absolute atomic E-state index is 4.70. The summed E-state index contributed by atoms with van der Waals surface area (Å²) in [6.07, 6.45) is 7.16. The minimum absolute atomic E-state index is 0.534. The second-order valence-corrected chi connectivity index (χ2v) is 6.05. The summed E-state index contributed by atoms with van der Waals surface area (Å²) in [5.74, 6) is 0. The van der Waals surface area contributed by atoms with E-state index in [9.17, 15) is 0 Å². The molecule has 0 spiro atoms. The quantitative estimate of drug-likeness (QED) is 0.794. The smallest absolute Gasteiger partial charge is 0.0762 e. The van der Waals surface area contributed by atoms with Gasteiger partial charge in [-0.25, -0.2) is 0 Å². The van der Waals surface area contributed by atoms with Gasteiger partial charge in [-0.05, 0) is 51.8 Å². The van der Waals surface area contributed by atoms with Crippen LogP contribution in [0.1, 0.15) is 58.2 Å². The average molecular weight is 278 g/mol. The van der Waals surface area contributed by atoms with E-state index in [1.807, 2.05) is 0 Å². The van der Waals surface area contributed by atoms with Gasteiger partial charge in [0.2, 0.25) is 0 Å². The van der Waals surface area contributed by atoms with E-state index in [4.69, 9.17) is 5.10 Å². The van der Waals surface area contributed by atoms with Gasteiger partial charge in [0.1, 0.15) is 0 Å². The Hall–Kier alpha value is -0.870. The molecule has 20 heavy (non-hydrogen) atoms. The van der Waals surface area contributed by atoms with Gasteiger partial charge in [-0.1, -0.05) is 13.8 Å². The molecule has 2 rings (SSSR count). The van der Waals surface area contributed by atoms with Crippen LogP contribution in [0.2, 0.25) is 0 Å². The van der Waals surface area contributed by atoms with E-state index in [1.54, 1.807) is 0 Å². The lowest BCUT2D eigenvalue weighted by Gasteiger charge is -2.20. The topological polar surface area (TPSA) is 33.1 Å². The van der Waals surface area contributed by atoms with Gasteiger partial charge in [-0.3, -0.25) is 4.68 Å². The van der Waals surface area contributed by atoms with Crippen molar-refractivity contribution >= 4 is 0 Å². The summed E-state index contributed by atoms with van der Waals surface area (Å²) >= 11 is 0. The van der Waals surface area contributed by atoms with E-state index in [0.29, 0.717) is 12.1 Å². The predicted molar refractivity (Wildman–Crippen MR) is 83.8 cm³/mol. The Morgan fingerprint density at radius 2 is 1.95 bits per heavy atom. The fourth-order valence-corrected chi connectivity index (χ4v) is 3.03. The maximum atomic E-state index is 4.70. The lowest BCUT2D eigenvalue weighted by Crippen LogP contribution is -2.37. The van der Waals surface area contributed by atoms with Crippen molar-refractivity contribution < 1.29 is 0 Å². The minimum atomic E-state index is 0.534. The fourth-order valence-electron chi connectivity index (χ4n) is 3.03. The number of hydrogen-bond acceptors (Lipinski definition) is 3. The van der Waals surface area contributed by atoms with E-state index in [0.717, 1.165) is 31.6 Å². The second kappa shape index (κ2) is 7.79. The number of likely N-dealkylation sites (tertiary alicyclic amines) is 1. The van der Waals surface area contributed by atoms with Gasteiger partial charge in [-0.2, -0.15) is 5.10 Å². The molecule has 0 saturated carbocycles. The zero-order chi connectivity index (χ0) is 14.4. The monoisotopic (exact) mass is 278 g/mol. The third kappa shape index (κ3) is 4.32. The largest absolute Gasteiger partial charge is 0.307 e. The van der Waals surface area contributed by atoms with Crippen molar-refractivity contribution in [2.45, 2.75) is 65.1 Å². The van der Waals surface area contributed by atoms with Crippen LogP contribution in [0.4, 0.5) is 0 Å². The highest BCUT2D eigenvalue weighted by molar-refractivity contribution is 4.99. The van der Waals surface area contributed by atoms with Crippen LogP contribution in [-0.4, -0.2) is 40.4 Å². The van der Waals surface area contributed by atoms with Gasteiger partial charge in [0.05, 0.1) is 11.7 Å². The molecule has 1 aromatic rings. The molecule has 0 radical (unpaired) electrons. The Labute approximate surface area is 123 Å². The molecular formula is C16H30N4. The van der Waals surface area contributed by atoms with E-state index in [2.05, 4.69) is 47.9 Å². The molecule has 1 fully saturated rings. The molecule has 1 saturated heterocycles. The minimum Gasteiger partial charge on any atom is -0.307 e. The molecule has 114 valence electrons. The van der Waals surface area contributed by atoms with Crippen LogP contribution < -0.4 is 5.32 Å². The molecule has 1 aliphatic rings. The van der Waals surface area contributed by atoms with Gasteiger partial charge in [0, 0.05) is 25.3 Å². The zero-order valence-corrected chi connectivity index (χ0v) is 13.3. The van der Waals surface area contributed by atoms with Crippen LogP contribution >= 0.6 is 0 Å². The van der Waals surface area contributed by atoms with Gasteiger partial charge in [-0.15, -0.1) is 0 Å². The highest BCUT2D eigenvalue weighted by Gasteiger charge is 2.14. The van der Waals surface area contributed by atoms with Gasteiger partial charge in [0.15, 0.2) is 0 Å². The Bertz CT molecular complexity index is 378. The molecule has 0 aliphatic carbocycles. The highest BCUT2D eigenvalue weighted by atomic mass is 15.3. The molecule has 2 heterocycles. The van der Waals surface area contributed by atoms with Crippen LogP contribution in [0.3, 0.4) is 0 Å². The van der Waals surface area contributed by atoms with Crippen LogP contribution in [0.25, 0.3) is 0 Å². The summed E-state index contributed by atoms with van der Waals surface area (Å²) in [5.41, 5.74) is 1.16. The maximum Gasteiger partial charge on any atom is 0.0762 e. The van der Waals surface area contributed by atoms with Crippen LogP contribution in [0, 0.1) is 0 Å². The second-order valence-electron chi connectivity index (χ2n) is 6.05. The number of rotatable bonds is 8. The Balaban J connectivity index is 1.75. The van der Waals surface area contributed by atoms with Crippen molar-refractivity contribution in [3.8, 4) is 0 Å². The summed E-state index contributed by atoms with van der Waals surface area (Å²) in [7, 11) is 0. The first kappa shape index (κ1) is 15.5. The van der Waals surface area contributed by atoms with Gasteiger partial charge < -0.3 is 10.2 Å². The molecule has 1 atom stereocenters. The number of nitrogens with zero attached hydrogens (tertiary/aromatic N) is 3. The van der Waals surface area contributed by atoms with Crippen LogP contribution in [0.15, 0.2) is 12.3 Å². The number of hydrogen-bond donors (Lipinski definition) is 1. The van der Waals surface area contributed by atoms with Crippen molar-refractivity contribution in [3.05, 3.63) is 18.0 Å². The van der Waals surface area contributed by atoms with Gasteiger partial charge >= 0.3 is 0 Å². The van der Waals surface area contributed by atoms with Crippen molar-refractivity contribution in [1.29, 1.82) is 0 Å². The van der Waals surface area contributed by atoms with Crippen molar-refractivity contribution in [2.75, 3.05) is 19.6 Å². The SMILES string of the molecule is CCC(CC)n1ccc(CNC(C)CN2CCCC2)n1. The van der Waals surface area contributed by atoms with Crippen LogP contribution in [0.5, 0.6) is 0 Å². The van der Waals surface area contributed by atoms with E-state index < -0.39 is 0 Å². The van der Waals surface area contributed by atoms with Crippen molar-refractivity contribution in [3.63, 3.8) is 0 Å². The summed E-state index contributed by atoms with van der Waals surface area (Å²) in [6.45, 7) is 11.3. The molecular weight excluding hydrogens is 248 g/mol. The lowest BCUT2D eigenvalue weighted by molar-refractivity contribution is 0.297. The zero-order valence-electron chi connectivity index (χ0n) is 13.3. The average Bonchev–Trinajstić information content (AvgIpc) is 3.10. The van der Waals surface area contributed by atoms with E-state index in [-0.39, 0.29) is 0 Å². The Morgan fingerprint density at radius 3 is 2.60 bits per heavy atom. The number of nitrogens with one attached hydrogen (secondary N) is 1. The molecule has 1 aromatic heterocycles. The molecule has 1 aliphatic heterocycles. The summed E-state index contributed by atoms with van der Waals surface area (Å²) < 4.78 is 2.13. The van der Waals surface area contributed by atoms with Crippen LogP contribution in [-0.2, 0) is 6.54 Å². The molecule has 1 unspecified atom stereocenters. The predicted octanol–water partition coefficient (Wildman–Crippen LogP) is 2.82. The molecule has 4 nitrogen and oxygen atoms in total. The third-order valence-corrected chi connectivity index (χ3v) is 4.34. The van der Waals surface area contributed by atoms with Gasteiger partial charge in [0.25, 0.3) is 0 Å². The van der Waals surface area contributed by atoms with E-state index >= 15 is 0 Å². The molecule has 1 N–H and O–H groups in total. The van der Waals surface area contributed by atoms with E-state index in [1.165, 1.54) is 25.9 Å². The summed E-state index contributed by atoms with van der Waals surface area (Å²) in [5, 5.41) is 8.29. The number of aromatic nitrogens is 2. The van der Waals surface area contributed by atoms with Crippen molar-refractivity contribution in [2.24, 2.45) is 0 Å². The standard InChI is InChI=1S/C16H30N4/c1-4-16(5-2)20-11-8-15(18-20)12-17-14(3)13-19-9-6-7-10-19/h8,11,14,16-17H,4-7,9-10,12-13H2,1-3H3.